The highest BCUT2D eigenvalue weighted by Crippen LogP contribution is 2.38. The summed E-state index contributed by atoms with van der Waals surface area (Å²) >= 11 is 18.3. The molecule has 0 unspecified atom stereocenters. The molecule has 0 spiro atoms. The zero-order valence-corrected chi connectivity index (χ0v) is 22.8. The van der Waals surface area contributed by atoms with E-state index in [1.165, 1.54) is 6.08 Å². The van der Waals surface area contributed by atoms with E-state index in [2.05, 4.69) is 0 Å². The van der Waals surface area contributed by atoms with Gasteiger partial charge in [-0.1, -0.05) is 71.2 Å². The van der Waals surface area contributed by atoms with Crippen LogP contribution in [-0.4, -0.2) is 17.8 Å². The number of hydrogen-bond donors (Lipinski definition) is 1. The van der Waals surface area contributed by atoms with Crippen molar-refractivity contribution in [2.75, 3.05) is 4.90 Å². The molecule has 0 aliphatic carbocycles. The van der Waals surface area contributed by atoms with Crippen molar-refractivity contribution in [2.45, 2.75) is 12.8 Å². The molecule has 4 aromatic carbocycles. The Balaban J connectivity index is 1.60. The van der Waals surface area contributed by atoms with Gasteiger partial charge >= 0.3 is 12.2 Å². The highest BCUT2D eigenvalue weighted by atomic mass is 35.5. The van der Waals surface area contributed by atoms with E-state index in [-0.39, 0.29) is 17.4 Å². The number of barbiturate groups is 1. The van der Waals surface area contributed by atoms with Crippen LogP contribution >= 0.6 is 34.8 Å². The number of urea groups is 1. The SMILES string of the molecule is O=C1NC(=O)N(c2cc(C(F)(F)F)ccc2Cl)C(=O)/C1=C/c1c(OCc2ccc(Cl)cc2Cl)ccc2ccccc12. The van der Waals surface area contributed by atoms with Crippen molar-refractivity contribution in [3.8, 4) is 5.75 Å². The van der Waals surface area contributed by atoms with E-state index in [0.29, 0.717) is 43.6 Å². The Bertz CT molecular complexity index is 1770. The van der Waals surface area contributed by atoms with Crippen molar-refractivity contribution in [1.82, 2.24) is 5.32 Å². The number of ether oxygens (including phenoxy) is 1. The zero-order chi connectivity index (χ0) is 29.5. The average molecular weight is 620 g/mol. The lowest BCUT2D eigenvalue weighted by atomic mass is 9.99. The minimum absolute atomic E-state index is 0.00904. The van der Waals surface area contributed by atoms with Crippen LogP contribution in [-0.2, 0) is 22.4 Å². The smallest absolute Gasteiger partial charge is 0.416 e. The summed E-state index contributed by atoms with van der Waals surface area (Å²) in [6, 6.07) is 16.3. The van der Waals surface area contributed by atoms with Crippen molar-refractivity contribution in [2.24, 2.45) is 0 Å². The number of rotatable bonds is 5. The molecule has 12 heteroatoms. The topological polar surface area (TPSA) is 75.7 Å². The van der Waals surface area contributed by atoms with E-state index >= 15 is 0 Å². The molecular weight excluding hydrogens is 604 g/mol. The molecule has 4 amide bonds. The standard InChI is InChI=1S/C29H16Cl3F3N2O4/c30-18-8-5-16(23(32)12-18)14-41-25-10-6-15-3-1-2-4-19(15)20(25)13-21-26(38)36-28(40)37(27(21)39)24-11-17(29(33,34)35)7-9-22(24)31/h1-13H,14H2,(H,36,38,40)/b21-13+. The lowest BCUT2D eigenvalue weighted by Crippen LogP contribution is -2.54. The van der Waals surface area contributed by atoms with Crippen LogP contribution in [0.15, 0.2) is 78.4 Å². The maximum Gasteiger partial charge on any atom is 0.416 e. The van der Waals surface area contributed by atoms with Gasteiger partial charge in [-0.15, -0.1) is 0 Å². The molecular formula is C29H16Cl3F3N2O4. The maximum atomic E-state index is 13.5. The van der Waals surface area contributed by atoms with Gasteiger partial charge in [-0.25, -0.2) is 9.69 Å². The fourth-order valence-corrected chi connectivity index (χ4v) is 4.89. The van der Waals surface area contributed by atoms with Crippen LogP contribution in [0.5, 0.6) is 5.75 Å². The molecule has 6 nitrogen and oxygen atoms in total. The van der Waals surface area contributed by atoms with Crippen molar-refractivity contribution >= 4 is 75.2 Å². The first kappa shape index (κ1) is 28.5. The Labute approximate surface area is 245 Å². The number of fused-ring (bicyclic) bond motifs is 1. The third kappa shape index (κ3) is 5.74. The largest absolute Gasteiger partial charge is 0.488 e. The van der Waals surface area contributed by atoms with Crippen LogP contribution in [0.1, 0.15) is 16.7 Å². The summed E-state index contributed by atoms with van der Waals surface area (Å²) in [7, 11) is 0. The summed E-state index contributed by atoms with van der Waals surface area (Å²) in [6.45, 7) is 0.00904. The summed E-state index contributed by atoms with van der Waals surface area (Å²) in [5, 5.41) is 3.85. The van der Waals surface area contributed by atoms with Crippen LogP contribution in [0.25, 0.3) is 16.8 Å². The van der Waals surface area contributed by atoms with Crippen molar-refractivity contribution in [3.63, 3.8) is 0 Å². The van der Waals surface area contributed by atoms with E-state index in [4.69, 9.17) is 39.5 Å². The number of hydrogen-bond acceptors (Lipinski definition) is 4. The quantitative estimate of drug-likeness (QED) is 0.181. The number of anilines is 1. The van der Waals surface area contributed by atoms with Crippen LogP contribution in [0.2, 0.25) is 15.1 Å². The first-order valence-corrected chi connectivity index (χ1v) is 12.9. The van der Waals surface area contributed by atoms with Gasteiger partial charge in [-0.3, -0.25) is 14.9 Å². The molecule has 0 atom stereocenters. The summed E-state index contributed by atoms with van der Waals surface area (Å²) in [6.07, 6.45) is -3.55. The average Bonchev–Trinajstić information content (AvgIpc) is 2.91. The molecule has 1 N–H and O–H groups in total. The van der Waals surface area contributed by atoms with E-state index in [0.717, 1.165) is 11.5 Å². The van der Waals surface area contributed by atoms with E-state index in [9.17, 15) is 27.6 Å². The predicted octanol–water partition coefficient (Wildman–Crippen LogP) is 8.06. The first-order chi connectivity index (χ1) is 19.4. The number of imide groups is 2. The van der Waals surface area contributed by atoms with Crippen LogP contribution in [0.3, 0.4) is 0 Å². The molecule has 1 saturated heterocycles. The second-order valence-corrected chi connectivity index (χ2v) is 10.1. The molecule has 0 bridgehead atoms. The molecule has 208 valence electrons. The van der Waals surface area contributed by atoms with Crippen molar-refractivity contribution in [3.05, 3.63) is 110 Å². The Morgan fingerprint density at radius 2 is 1.63 bits per heavy atom. The fraction of sp³-hybridized carbons (Fsp3) is 0.0690. The van der Waals surface area contributed by atoms with Crippen LogP contribution in [0.4, 0.5) is 23.7 Å². The van der Waals surface area contributed by atoms with E-state index < -0.39 is 40.8 Å². The molecule has 0 saturated carbocycles. The summed E-state index contributed by atoms with van der Waals surface area (Å²) in [5.74, 6) is -1.94. The number of amides is 4. The molecule has 0 radical (unpaired) electrons. The molecule has 0 aromatic heterocycles. The summed E-state index contributed by atoms with van der Waals surface area (Å²) < 4.78 is 46.2. The van der Waals surface area contributed by atoms with Gasteiger partial charge in [0.05, 0.1) is 16.3 Å². The number of benzene rings is 4. The lowest BCUT2D eigenvalue weighted by Gasteiger charge is -2.27. The highest BCUT2D eigenvalue weighted by molar-refractivity contribution is 6.42. The van der Waals surface area contributed by atoms with Gasteiger partial charge in [0, 0.05) is 21.2 Å². The lowest BCUT2D eigenvalue weighted by molar-refractivity contribution is -0.137. The second kappa shape index (κ2) is 11.1. The number of halogens is 6. The van der Waals surface area contributed by atoms with Gasteiger partial charge in [0.1, 0.15) is 17.9 Å². The minimum atomic E-state index is -4.77. The van der Waals surface area contributed by atoms with Gasteiger partial charge < -0.3 is 4.74 Å². The third-order valence-electron chi connectivity index (χ3n) is 6.23. The summed E-state index contributed by atoms with van der Waals surface area (Å²) in [4.78, 5) is 39.5. The Hall–Kier alpha value is -4.05. The van der Waals surface area contributed by atoms with Gasteiger partial charge in [-0.05, 0) is 53.2 Å². The van der Waals surface area contributed by atoms with Gasteiger partial charge in [-0.2, -0.15) is 13.2 Å². The van der Waals surface area contributed by atoms with Crippen LogP contribution < -0.4 is 15.0 Å². The number of nitrogens with zero attached hydrogens (tertiary/aromatic N) is 1. The molecule has 1 aliphatic heterocycles. The van der Waals surface area contributed by atoms with Crippen LogP contribution in [0, 0.1) is 0 Å². The van der Waals surface area contributed by atoms with Crippen molar-refractivity contribution in [1.29, 1.82) is 0 Å². The van der Waals surface area contributed by atoms with Crippen molar-refractivity contribution < 1.29 is 32.3 Å². The fourth-order valence-electron chi connectivity index (χ4n) is 4.23. The second-order valence-electron chi connectivity index (χ2n) is 8.84. The van der Waals surface area contributed by atoms with Gasteiger partial charge in [0.2, 0.25) is 0 Å². The Morgan fingerprint density at radius 1 is 0.878 bits per heavy atom. The number of carbonyl (C=O) groups excluding carboxylic acids is 3. The number of alkyl halides is 3. The van der Waals surface area contributed by atoms with E-state index in [1.54, 1.807) is 54.6 Å². The molecule has 4 aromatic rings. The third-order valence-corrected chi connectivity index (χ3v) is 7.14. The molecule has 5 rings (SSSR count). The van der Waals surface area contributed by atoms with E-state index in [1.807, 2.05) is 5.32 Å². The molecule has 1 aliphatic rings. The number of nitrogens with one attached hydrogen (secondary N) is 1. The monoisotopic (exact) mass is 618 g/mol. The number of carbonyl (C=O) groups is 3. The highest BCUT2D eigenvalue weighted by Gasteiger charge is 2.39. The first-order valence-electron chi connectivity index (χ1n) is 11.8. The molecule has 1 fully saturated rings. The molecule has 1 heterocycles. The predicted molar refractivity (Wildman–Crippen MR) is 150 cm³/mol. The van der Waals surface area contributed by atoms with Gasteiger partial charge in [0.25, 0.3) is 11.8 Å². The van der Waals surface area contributed by atoms with Gasteiger partial charge in [0.15, 0.2) is 0 Å². The molecule has 41 heavy (non-hydrogen) atoms. The minimum Gasteiger partial charge on any atom is -0.488 e. The zero-order valence-electron chi connectivity index (χ0n) is 20.6. The Morgan fingerprint density at radius 3 is 2.37 bits per heavy atom. The summed E-state index contributed by atoms with van der Waals surface area (Å²) in [5.41, 5.74) is -1.26. The normalized spacial score (nSPS) is 15.0. The maximum absolute atomic E-state index is 13.5. The Kier molecular flexibility index (Phi) is 7.70.